The van der Waals surface area contributed by atoms with Gasteiger partial charge in [0.1, 0.15) is 17.5 Å². The number of aromatic nitrogens is 1. The molecule has 9 nitrogen and oxygen atoms in total. The lowest BCUT2D eigenvalue weighted by Crippen LogP contribution is -2.43. The van der Waals surface area contributed by atoms with Crippen molar-refractivity contribution < 1.29 is 23.9 Å². The van der Waals surface area contributed by atoms with E-state index in [1.54, 1.807) is 48.4 Å². The number of amides is 3. The molecular formula is C27H24ClN3O6S2. The lowest BCUT2D eigenvalue weighted by Gasteiger charge is -2.31. The predicted octanol–water partition coefficient (Wildman–Crippen LogP) is 3.23. The van der Waals surface area contributed by atoms with Crippen LogP contribution in [0.2, 0.25) is 5.02 Å². The fraction of sp³-hybridized carbons (Fsp3) is 0.333. The van der Waals surface area contributed by atoms with Crippen molar-refractivity contribution in [2.45, 2.75) is 22.7 Å². The Hall–Kier alpha value is -3.12. The van der Waals surface area contributed by atoms with E-state index in [0.29, 0.717) is 52.7 Å². The van der Waals surface area contributed by atoms with E-state index in [4.69, 9.17) is 21.1 Å². The number of hydrogen-bond acceptors (Lipinski definition) is 8. The van der Waals surface area contributed by atoms with Gasteiger partial charge in [-0.3, -0.25) is 23.7 Å². The van der Waals surface area contributed by atoms with Gasteiger partial charge >= 0.3 is 4.87 Å². The second-order valence-electron chi connectivity index (χ2n) is 9.42. The molecule has 2 saturated heterocycles. The fourth-order valence-corrected chi connectivity index (χ4v) is 8.22. The highest BCUT2D eigenvalue weighted by molar-refractivity contribution is 8.00. The number of ether oxygens (including phenoxy) is 2. The molecule has 0 unspecified atom stereocenters. The number of rotatable bonds is 5. The molecule has 0 radical (unpaired) electrons. The van der Waals surface area contributed by atoms with E-state index in [0.717, 1.165) is 16.9 Å². The zero-order chi connectivity index (χ0) is 27.3. The molecule has 3 aromatic rings. The van der Waals surface area contributed by atoms with Gasteiger partial charge in [-0.15, -0.1) is 0 Å². The second kappa shape index (κ2) is 10.5. The van der Waals surface area contributed by atoms with Crippen LogP contribution in [0.1, 0.15) is 16.4 Å². The molecule has 6 rings (SSSR count). The van der Waals surface area contributed by atoms with Crippen LogP contribution >= 0.6 is 34.7 Å². The van der Waals surface area contributed by atoms with E-state index >= 15 is 0 Å². The average Bonchev–Trinajstić information content (AvgIpc) is 3.40. The van der Waals surface area contributed by atoms with Crippen LogP contribution in [0.5, 0.6) is 5.75 Å². The molecule has 1 aromatic heterocycles. The average molecular weight is 586 g/mol. The summed E-state index contributed by atoms with van der Waals surface area (Å²) in [5.41, 5.74) is 1.24. The zero-order valence-electron chi connectivity index (χ0n) is 20.9. The molecule has 2 aromatic carbocycles. The summed E-state index contributed by atoms with van der Waals surface area (Å²) >= 11 is 8.38. The van der Waals surface area contributed by atoms with E-state index in [2.05, 4.69) is 0 Å². The number of morpholine rings is 1. The molecule has 3 aliphatic heterocycles. The van der Waals surface area contributed by atoms with Crippen molar-refractivity contribution in [1.29, 1.82) is 0 Å². The molecule has 3 aliphatic rings. The molecule has 12 heteroatoms. The summed E-state index contributed by atoms with van der Waals surface area (Å²) in [5, 5.41) is 0.341. The summed E-state index contributed by atoms with van der Waals surface area (Å²) in [4.78, 5) is 57.3. The first kappa shape index (κ1) is 26.1. The van der Waals surface area contributed by atoms with Crippen molar-refractivity contribution in [3.05, 3.63) is 73.7 Å². The third-order valence-electron chi connectivity index (χ3n) is 7.27. The van der Waals surface area contributed by atoms with Crippen LogP contribution in [0.3, 0.4) is 0 Å². The van der Waals surface area contributed by atoms with Crippen molar-refractivity contribution in [2.24, 2.45) is 5.92 Å². The van der Waals surface area contributed by atoms with Gasteiger partial charge in [0.15, 0.2) is 0 Å². The lowest BCUT2D eigenvalue weighted by atomic mass is 9.83. The molecule has 39 heavy (non-hydrogen) atoms. The molecule has 4 heterocycles. The van der Waals surface area contributed by atoms with Gasteiger partial charge in [0.05, 0.1) is 37.0 Å². The predicted molar refractivity (Wildman–Crippen MR) is 148 cm³/mol. The molecule has 0 bridgehead atoms. The van der Waals surface area contributed by atoms with Crippen molar-refractivity contribution in [2.75, 3.05) is 38.3 Å². The van der Waals surface area contributed by atoms with Crippen molar-refractivity contribution in [1.82, 2.24) is 9.47 Å². The van der Waals surface area contributed by atoms with E-state index < -0.39 is 17.1 Å². The van der Waals surface area contributed by atoms with E-state index in [9.17, 15) is 19.2 Å². The monoisotopic (exact) mass is 585 g/mol. The van der Waals surface area contributed by atoms with Gasteiger partial charge in [-0.05, 0) is 42.0 Å². The minimum absolute atomic E-state index is 0.132. The summed E-state index contributed by atoms with van der Waals surface area (Å²) in [6, 6.07) is 13.9. The topological polar surface area (TPSA) is 98.2 Å². The largest absolute Gasteiger partial charge is 0.497 e. The maximum absolute atomic E-state index is 13.9. The minimum atomic E-state index is -0.758. The van der Waals surface area contributed by atoms with E-state index in [1.165, 1.54) is 21.2 Å². The number of carbonyl (C=O) groups excluding carboxylic acids is 3. The first-order chi connectivity index (χ1) is 18.9. The maximum Gasteiger partial charge on any atom is 0.308 e. The minimum Gasteiger partial charge on any atom is -0.497 e. The molecule has 0 N–H and O–H groups in total. The number of nitrogens with zero attached hydrogens (tertiary/aromatic N) is 3. The second-order valence-corrected chi connectivity index (χ2v) is 12.0. The van der Waals surface area contributed by atoms with Gasteiger partial charge in [-0.2, -0.15) is 0 Å². The number of fused-ring (bicyclic) bond motifs is 2. The highest BCUT2D eigenvalue weighted by atomic mass is 35.5. The van der Waals surface area contributed by atoms with E-state index in [1.807, 2.05) is 12.1 Å². The number of anilines is 1. The molecule has 3 amide bonds. The number of halogens is 1. The molecule has 0 spiro atoms. The Morgan fingerprint density at radius 3 is 2.38 bits per heavy atom. The Balaban J connectivity index is 1.42. The Morgan fingerprint density at radius 2 is 1.72 bits per heavy atom. The first-order valence-electron chi connectivity index (χ1n) is 12.4. The van der Waals surface area contributed by atoms with Gasteiger partial charge in [0.2, 0.25) is 17.7 Å². The van der Waals surface area contributed by atoms with Crippen LogP contribution in [0.4, 0.5) is 5.69 Å². The number of imide groups is 1. The summed E-state index contributed by atoms with van der Waals surface area (Å²) in [6.07, 6.45) is 0. The fourth-order valence-electron chi connectivity index (χ4n) is 5.32. The Bertz CT molecular complexity index is 1500. The van der Waals surface area contributed by atoms with Crippen LogP contribution < -0.4 is 14.5 Å². The molecule has 0 aliphatic carbocycles. The zero-order valence-corrected chi connectivity index (χ0v) is 23.3. The van der Waals surface area contributed by atoms with Crippen LogP contribution in [0.25, 0.3) is 0 Å². The molecule has 0 saturated carbocycles. The van der Waals surface area contributed by atoms with Crippen LogP contribution in [-0.4, -0.2) is 65.9 Å². The van der Waals surface area contributed by atoms with Gasteiger partial charge < -0.3 is 14.4 Å². The van der Waals surface area contributed by atoms with Gasteiger partial charge in [0.25, 0.3) is 0 Å². The smallest absolute Gasteiger partial charge is 0.308 e. The summed E-state index contributed by atoms with van der Waals surface area (Å²) in [6.45, 7) is 1.71. The van der Waals surface area contributed by atoms with Crippen molar-refractivity contribution in [3.8, 4) is 5.75 Å². The molecule has 2 fully saturated rings. The first-order valence-corrected chi connectivity index (χ1v) is 14.5. The Morgan fingerprint density at radius 1 is 1.03 bits per heavy atom. The standard InChI is InChI=1S/C27H24ClN3O6S2/c1-36-18-8-6-17(7-9-18)31-24(33)21-20(15-2-4-16(28)5-3-15)23-26(38-22(21)25(31)34)30(27(35)39-23)14-19(32)29-10-12-37-13-11-29/h2-9,20-22H,10-14H2,1H3/t20-,21-,22+/m0/s1. The highest BCUT2D eigenvalue weighted by Crippen LogP contribution is 2.54. The molecule has 3 atom stereocenters. The summed E-state index contributed by atoms with van der Waals surface area (Å²) in [5.74, 6) is -1.51. The number of thioether (sulfide) groups is 1. The van der Waals surface area contributed by atoms with Crippen molar-refractivity contribution in [3.63, 3.8) is 0 Å². The van der Waals surface area contributed by atoms with Gasteiger partial charge in [0, 0.05) is 28.9 Å². The number of methoxy groups -OCH3 is 1. The van der Waals surface area contributed by atoms with Crippen LogP contribution in [0, 0.1) is 5.92 Å². The maximum atomic E-state index is 13.9. The van der Waals surface area contributed by atoms with Crippen LogP contribution in [-0.2, 0) is 25.7 Å². The number of thiazole rings is 1. The Labute approximate surface area is 237 Å². The number of hydrogen-bond donors (Lipinski definition) is 0. The quantitative estimate of drug-likeness (QED) is 0.424. The normalized spacial score (nSPS) is 22.6. The molecular weight excluding hydrogens is 562 g/mol. The van der Waals surface area contributed by atoms with Gasteiger partial charge in [-0.25, -0.2) is 4.90 Å². The third-order valence-corrected chi connectivity index (χ3v) is 10.1. The number of carbonyl (C=O) groups is 3. The molecule has 202 valence electrons. The third kappa shape index (κ3) is 4.57. The number of benzene rings is 2. The van der Waals surface area contributed by atoms with E-state index in [-0.39, 0.29) is 29.1 Å². The Kier molecular flexibility index (Phi) is 7.00. The highest BCUT2D eigenvalue weighted by Gasteiger charge is 2.56. The SMILES string of the molecule is COc1ccc(N2C(=O)[C@H]3[C@H](c4ccc(Cl)cc4)c4sc(=O)n(CC(=O)N5CCOCC5)c4S[C@H]3C2=O)cc1. The van der Waals surface area contributed by atoms with Crippen molar-refractivity contribution >= 4 is 58.1 Å². The van der Waals surface area contributed by atoms with Gasteiger partial charge in [-0.1, -0.05) is 46.8 Å². The van der Waals surface area contributed by atoms with Crippen LogP contribution in [0.15, 0.2) is 58.4 Å². The summed E-state index contributed by atoms with van der Waals surface area (Å²) < 4.78 is 12.0. The summed E-state index contributed by atoms with van der Waals surface area (Å²) in [7, 11) is 1.55. The lowest BCUT2D eigenvalue weighted by molar-refractivity contribution is -0.136.